The van der Waals surface area contributed by atoms with E-state index in [0.29, 0.717) is 42.9 Å². The number of carbonyl (C=O) groups excluding carboxylic acids is 3. The number of ether oxygens (including phenoxy) is 2. The predicted octanol–water partition coefficient (Wildman–Crippen LogP) is 1.59. The summed E-state index contributed by atoms with van der Waals surface area (Å²) in [5.74, 6) is 1.46. The number of imide groups is 1. The van der Waals surface area contributed by atoms with Gasteiger partial charge in [0.1, 0.15) is 23.4 Å². The topological polar surface area (TPSA) is 140 Å². The summed E-state index contributed by atoms with van der Waals surface area (Å²) >= 11 is 0. The highest BCUT2D eigenvalue weighted by molar-refractivity contribution is 6.02. The predicted molar refractivity (Wildman–Crippen MR) is 173 cm³/mol. The maximum atomic E-state index is 13.0. The van der Waals surface area contributed by atoms with E-state index in [1.165, 1.54) is 0 Å². The van der Waals surface area contributed by atoms with E-state index >= 15 is 0 Å². The quantitative estimate of drug-likeness (QED) is 0.352. The number of carbonyl (C=O) groups is 3. The highest BCUT2D eigenvalue weighted by Gasteiger charge is 2.38. The first-order valence-electron chi connectivity index (χ1n) is 15.7. The number of pyridine rings is 2. The van der Waals surface area contributed by atoms with Crippen LogP contribution in [0.3, 0.4) is 0 Å². The molecule has 3 saturated heterocycles. The van der Waals surface area contributed by atoms with E-state index < -0.39 is 6.04 Å². The molecule has 3 aliphatic rings. The van der Waals surface area contributed by atoms with Crippen LogP contribution in [-0.2, 0) is 20.9 Å². The lowest BCUT2D eigenvalue weighted by Crippen LogP contribution is -2.62. The number of hydrogen-bond donors (Lipinski definition) is 2. The molecule has 0 radical (unpaired) electrons. The van der Waals surface area contributed by atoms with Gasteiger partial charge in [0.15, 0.2) is 0 Å². The smallest absolute Gasteiger partial charge is 0.257 e. The fourth-order valence-electron chi connectivity index (χ4n) is 6.91. The Morgan fingerprint density at radius 2 is 1.65 bits per heavy atom. The van der Waals surface area contributed by atoms with Crippen LogP contribution >= 0.6 is 0 Å². The molecule has 0 saturated carbocycles. The minimum atomic E-state index is -0.555. The van der Waals surface area contributed by atoms with Crippen LogP contribution in [0.4, 0.5) is 5.82 Å². The number of aromatic nitrogens is 2. The lowest BCUT2D eigenvalue weighted by Gasteiger charge is -2.44. The van der Waals surface area contributed by atoms with Gasteiger partial charge in [-0.3, -0.25) is 34.3 Å². The number of methoxy groups -OCH3 is 2. The van der Waals surface area contributed by atoms with Crippen molar-refractivity contribution in [3.05, 3.63) is 46.5 Å². The molecule has 2 aromatic heterocycles. The molecule has 13 nitrogen and oxygen atoms in total. The van der Waals surface area contributed by atoms with Crippen LogP contribution in [0.2, 0.25) is 0 Å². The second-order valence-electron chi connectivity index (χ2n) is 12.4. The Hall–Kier alpha value is -4.49. The molecule has 6 rings (SSSR count). The van der Waals surface area contributed by atoms with Gasteiger partial charge in [0.2, 0.25) is 17.7 Å². The molecule has 1 aromatic carbocycles. The van der Waals surface area contributed by atoms with Crippen LogP contribution in [0.15, 0.2) is 35.4 Å². The van der Waals surface area contributed by atoms with Crippen molar-refractivity contribution in [1.29, 1.82) is 0 Å². The molecule has 1 atom stereocenters. The minimum absolute atomic E-state index is 0.0535. The first kappa shape index (κ1) is 31.5. The highest BCUT2D eigenvalue weighted by Crippen LogP contribution is 2.38. The van der Waals surface area contributed by atoms with E-state index in [9.17, 15) is 19.2 Å². The summed E-state index contributed by atoms with van der Waals surface area (Å²) in [5, 5.41) is 3.66. The van der Waals surface area contributed by atoms with E-state index in [2.05, 4.69) is 25.1 Å². The number of piperazine rings is 1. The molecule has 3 aliphatic heterocycles. The molecule has 3 fully saturated rings. The van der Waals surface area contributed by atoms with Crippen molar-refractivity contribution in [2.75, 3.05) is 65.9 Å². The third kappa shape index (κ3) is 6.16. The van der Waals surface area contributed by atoms with E-state index in [1.807, 2.05) is 37.2 Å². The molecule has 13 heteroatoms. The van der Waals surface area contributed by atoms with Crippen LogP contribution in [0.1, 0.15) is 31.2 Å². The summed E-state index contributed by atoms with van der Waals surface area (Å²) in [6.45, 7) is 3.84. The molecule has 3 amide bonds. The lowest BCUT2D eigenvalue weighted by atomic mass is 9.97. The Morgan fingerprint density at radius 3 is 2.28 bits per heavy atom. The zero-order chi connectivity index (χ0) is 32.5. The third-order valence-corrected chi connectivity index (χ3v) is 9.48. The Morgan fingerprint density at radius 1 is 0.935 bits per heavy atom. The number of fused-ring (bicyclic) bond motifs is 1. The van der Waals surface area contributed by atoms with Gasteiger partial charge >= 0.3 is 0 Å². The van der Waals surface area contributed by atoms with Gasteiger partial charge in [0.05, 0.1) is 31.7 Å². The van der Waals surface area contributed by atoms with E-state index in [4.69, 9.17) is 9.47 Å². The van der Waals surface area contributed by atoms with Gasteiger partial charge in [-0.05, 0) is 56.1 Å². The summed E-state index contributed by atoms with van der Waals surface area (Å²) in [5.41, 5.74) is 2.45. The summed E-state index contributed by atoms with van der Waals surface area (Å²) in [7, 11) is 7.13. The zero-order valence-electron chi connectivity index (χ0n) is 26.8. The van der Waals surface area contributed by atoms with Crippen molar-refractivity contribution < 1.29 is 23.9 Å². The van der Waals surface area contributed by atoms with Crippen molar-refractivity contribution in [1.82, 2.24) is 30.0 Å². The monoisotopic (exact) mass is 631 g/mol. The number of benzene rings is 1. The molecular formula is C33H41N7O6. The normalized spacial score (nSPS) is 20.2. The molecule has 0 aliphatic carbocycles. The van der Waals surface area contributed by atoms with Crippen LogP contribution in [0.5, 0.6) is 11.5 Å². The fraction of sp³-hybridized carbons (Fsp3) is 0.485. The molecule has 2 N–H and O–H groups in total. The average Bonchev–Trinajstić information content (AvgIpc) is 3.05. The van der Waals surface area contributed by atoms with E-state index in [0.717, 1.165) is 53.8 Å². The summed E-state index contributed by atoms with van der Waals surface area (Å²) < 4.78 is 11.8. The number of anilines is 1. The minimum Gasteiger partial charge on any atom is -0.496 e. The van der Waals surface area contributed by atoms with Gasteiger partial charge in [0.25, 0.3) is 5.56 Å². The molecule has 0 spiro atoms. The third-order valence-electron chi connectivity index (χ3n) is 9.48. The Labute approximate surface area is 267 Å². The molecule has 0 bridgehead atoms. The summed E-state index contributed by atoms with van der Waals surface area (Å²) in [6.07, 6.45) is 5.81. The number of hydrogen-bond acceptors (Lipinski definition) is 10. The Kier molecular flexibility index (Phi) is 8.96. The number of amides is 3. The number of nitrogens with zero attached hydrogens (tertiary/aromatic N) is 5. The molecular weight excluding hydrogens is 590 g/mol. The number of nitrogens with one attached hydrogen (secondary N) is 2. The van der Waals surface area contributed by atoms with Crippen molar-refractivity contribution in [2.45, 2.75) is 44.3 Å². The van der Waals surface area contributed by atoms with Gasteiger partial charge in [-0.2, -0.15) is 0 Å². The van der Waals surface area contributed by atoms with E-state index in [1.54, 1.807) is 31.5 Å². The first-order chi connectivity index (χ1) is 22.2. The maximum Gasteiger partial charge on any atom is 0.257 e. The largest absolute Gasteiger partial charge is 0.496 e. The fourth-order valence-corrected chi connectivity index (χ4v) is 6.91. The molecule has 1 unspecified atom stereocenters. The molecule has 46 heavy (non-hydrogen) atoms. The number of aromatic amines is 1. The molecule has 5 heterocycles. The summed E-state index contributed by atoms with van der Waals surface area (Å²) in [6, 6.07) is 5.62. The van der Waals surface area contributed by atoms with Crippen LogP contribution < -0.4 is 25.2 Å². The van der Waals surface area contributed by atoms with Crippen molar-refractivity contribution in [2.24, 2.45) is 0 Å². The van der Waals surface area contributed by atoms with Crippen LogP contribution in [0.25, 0.3) is 21.9 Å². The first-order valence-corrected chi connectivity index (χ1v) is 15.7. The van der Waals surface area contributed by atoms with Crippen molar-refractivity contribution in [3.8, 4) is 22.6 Å². The SMILES string of the molecule is COc1cc(-c2c[nH]c(=O)c3cnc(N(C)C)cc23)cc(OC)c1CN1CCC(N2CCN(C3CCC(=O)NC3=O)C(=O)C2)CC1. The standard InChI is InChI=1S/C33H41N7O6/c1-37(2)29-15-22-23(16-35-32(43)24(22)17-34-29)20-13-27(45-3)25(28(14-20)46-4)18-38-9-7-21(8-10-38)39-11-12-40(31(42)19-39)26-5-6-30(41)36-33(26)44/h13-17,21,26H,5-12,18-19H2,1-4H3,(H,35,43)(H,36,41,44). The Bertz CT molecular complexity index is 1690. The Balaban J connectivity index is 1.14. The zero-order valence-corrected chi connectivity index (χ0v) is 26.8. The lowest BCUT2D eigenvalue weighted by molar-refractivity contribution is -0.150. The van der Waals surface area contributed by atoms with Gasteiger partial charge < -0.3 is 24.3 Å². The highest BCUT2D eigenvalue weighted by atomic mass is 16.5. The van der Waals surface area contributed by atoms with Crippen molar-refractivity contribution in [3.63, 3.8) is 0 Å². The van der Waals surface area contributed by atoms with Gasteiger partial charge in [0, 0.05) is 69.5 Å². The van der Waals surface area contributed by atoms with Crippen LogP contribution in [0, 0.1) is 0 Å². The number of rotatable bonds is 8. The number of H-pyrrole nitrogens is 1. The number of likely N-dealkylation sites (tertiary alicyclic amines) is 1. The second-order valence-corrected chi connectivity index (χ2v) is 12.4. The molecule has 244 valence electrons. The van der Waals surface area contributed by atoms with Gasteiger partial charge in [-0.1, -0.05) is 0 Å². The summed E-state index contributed by atoms with van der Waals surface area (Å²) in [4.78, 5) is 64.9. The molecule has 3 aromatic rings. The van der Waals surface area contributed by atoms with Gasteiger partial charge in [-0.25, -0.2) is 4.98 Å². The van der Waals surface area contributed by atoms with Crippen LogP contribution in [-0.4, -0.2) is 116 Å². The van der Waals surface area contributed by atoms with Gasteiger partial charge in [-0.15, -0.1) is 0 Å². The average molecular weight is 632 g/mol. The second kappa shape index (κ2) is 13.1. The maximum absolute atomic E-state index is 13.0. The van der Waals surface area contributed by atoms with Crippen molar-refractivity contribution >= 4 is 34.3 Å². The van der Waals surface area contributed by atoms with E-state index in [-0.39, 0.29) is 42.3 Å². The number of piperidine rings is 2.